The minimum atomic E-state index is -0.666. The van der Waals surface area contributed by atoms with Gasteiger partial charge in [-0.1, -0.05) is 12.1 Å². The zero-order valence-electron chi connectivity index (χ0n) is 15.9. The van der Waals surface area contributed by atoms with Gasteiger partial charge in [0.25, 0.3) is 0 Å². The highest BCUT2D eigenvalue weighted by atomic mass is 16.2. The van der Waals surface area contributed by atoms with Crippen LogP contribution in [0.3, 0.4) is 0 Å². The molecule has 10 heteroatoms. The van der Waals surface area contributed by atoms with Crippen molar-refractivity contribution in [3.05, 3.63) is 88.9 Å². The third-order valence-corrected chi connectivity index (χ3v) is 4.71. The van der Waals surface area contributed by atoms with Crippen molar-refractivity contribution in [2.24, 2.45) is 0 Å². The Morgan fingerprint density at radius 3 is 1.30 bits per heavy atom. The van der Waals surface area contributed by atoms with Crippen molar-refractivity contribution in [2.45, 2.75) is 13.1 Å². The first-order valence-corrected chi connectivity index (χ1v) is 9.41. The second-order valence-corrected chi connectivity index (χ2v) is 6.93. The van der Waals surface area contributed by atoms with Crippen molar-refractivity contribution in [3.8, 4) is 0 Å². The summed E-state index contributed by atoms with van der Waals surface area (Å²) in [6.45, 7) is 2.67. The molecule has 0 atom stereocenters. The Morgan fingerprint density at radius 1 is 0.533 bits per heavy atom. The van der Waals surface area contributed by atoms with Crippen molar-refractivity contribution in [3.63, 3.8) is 0 Å². The lowest BCUT2D eigenvalue weighted by Gasteiger charge is -2.08. The first-order chi connectivity index (χ1) is 14.5. The lowest BCUT2D eigenvalue weighted by Crippen LogP contribution is -2.29. The van der Waals surface area contributed by atoms with E-state index in [0.717, 1.165) is 24.2 Å². The van der Waals surface area contributed by atoms with Gasteiger partial charge in [0.05, 0.1) is 22.1 Å². The Bertz CT molecular complexity index is 1330. The molecule has 30 heavy (non-hydrogen) atoms. The molecule has 0 unspecified atom stereocenters. The van der Waals surface area contributed by atoms with E-state index in [1.54, 1.807) is 12.1 Å². The van der Waals surface area contributed by atoms with E-state index >= 15 is 0 Å². The molecule has 2 heterocycles. The van der Waals surface area contributed by atoms with Crippen LogP contribution in [0, 0.1) is 0 Å². The predicted molar refractivity (Wildman–Crippen MR) is 114 cm³/mol. The molecule has 0 bridgehead atoms. The highest BCUT2D eigenvalue weighted by Gasteiger charge is 2.02. The Morgan fingerprint density at radius 2 is 0.900 bits per heavy atom. The topological polar surface area (TPSA) is 155 Å². The summed E-state index contributed by atoms with van der Waals surface area (Å²) in [5.74, 6) is 0. The SMILES string of the molecule is O=c1[nH]c2ccc(CNCCNCc3ccc4[nH]c(=O)c(=O)[nH]c4c3)cc2[nH]c1=O. The molecule has 0 spiro atoms. The van der Waals surface area contributed by atoms with E-state index in [9.17, 15) is 19.2 Å². The van der Waals surface area contributed by atoms with Crippen LogP contribution in [0.1, 0.15) is 11.1 Å². The van der Waals surface area contributed by atoms with Gasteiger partial charge < -0.3 is 30.6 Å². The molecular weight excluding hydrogens is 388 g/mol. The average Bonchev–Trinajstić information content (AvgIpc) is 2.72. The molecule has 0 radical (unpaired) electrons. The minimum Gasteiger partial charge on any atom is -0.316 e. The van der Waals surface area contributed by atoms with Gasteiger partial charge in [-0.3, -0.25) is 19.2 Å². The molecule has 0 amide bonds. The van der Waals surface area contributed by atoms with Gasteiger partial charge in [-0.05, 0) is 35.4 Å². The molecule has 6 N–H and O–H groups in total. The summed E-state index contributed by atoms with van der Waals surface area (Å²) in [6.07, 6.45) is 0. The van der Waals surface area contributed by atoms with Crippen molar-refractivity contribution in [2.75, 3.05) is 13.1 Å². The van der Waals surface area contributed by atoms with Crippen LogP contribution >= 0.6 is 0 Å². The normalized spacial score (nSPS) is 11.3. The van der Waals surface area contributed by atoms with Crippen LogP contribution in [0.5, 0.6) is 0 Å². The fourth-order valence-corrected chi connectivity index (χ4v) is 3.19. The van der Waals surface area contributed by atoms with Crippen LogP contribution in [-0.2, 0) is 13.1 Å². The molecule has 4 rings (SSSR count). The van der Waals surface area contributed by atoms with Gasteiger partial charge in [0.2, 0.25) is 0 Å². The molecule has 2 aromatic carbocycles. The van der Waals surface area contributed by atoms with Gasteiger partial charge in [-0.2, -0.15) is 0 Å². The molecule has 2 aromatic heterocycles. The Balaban J connectivity index is 1.27. The Kier molecular flexibility index (Phi) is 5.42. The molecule has 0 aliphatic carbocycles. The number of rotatable bonds is 7. The van der Waals surface area contributed by atoms with Crippen LogP contribution in [0.15, 0.2) is 55.6 Å². The second-order valence-electron chi connectivity index (χ2n) is 6.93. The monoisotopic (exact) mass is 408 g/mol. The van der Waals surface area contributed by atoms with E-state index < -0.39 is 22.2 Å². The van der Waals surface area contributed by atoms with Crippen molar-refractivity contribution >= 4 is 22.1 Å². The van der Waals surface area contributed by atoms with E-state index in [0.29, 0.717) is 35.2 Å². The summed E-state index contributed by atoms with van der Waals surface area (Å²) in [5.41, 5.74) is 1.67. The van der Waals surface area contributed by atoms with Crippen LogP contribution in [-0.4, -0.2) is 33.0 Å². The summed E-state index contributed by atoms with van der Waals surface area (Å²) >= 11 is 0. The van der Waals surface area contributed by atoms with Crippen LogP contribution in [0.2, 0.25) is 0 Å². The van der Waals surface area contributed by atoms with Gasteiger partial charge in [-0.15, -0.1) is 0 Å². The predicted octanol–water partition coefficient (Wildman–Crippen LogP) is -0.374. The molecule has 0 saturated heterocycles. The standard InChI is InChI=1S/C20H20N6O4/c27-17-19(29)25-15-7-11(1-3-13(15)23-17)9-21-5-6-22-10-12-2-4-14-16(8-12)26-20(30)18(28)24-14/h1-4,7-8,21-22H,5-6,9-10H2,(H,23,27)(H,24,28)(H,25,29)(H,26,30). The van der Waals surface area contributed by atoms with Gasteiger partial charge in [0.1, 0.15) is 0 Å². The zero-order valence-corrected chi connectivity index (χ0v) is 15.9. The fourth-order valence-electron chi connectivity index (χ4n) is 3.19. The van der Waals surface area contributed by atoms with E-state index in [1.807, 2.05) is 24.3 Å². The maximum Gasteiger partial charge on any atom is 0.314 e. The number of H-pyrrole nitrogens is 4. The molecule has 0 fully saturated rings. The van der Waals surface area contributed by atoms with Gasteiger partial charge in [0, 0.05) is 26.2 Å². The number of hydrogen-bond acceptors (Lipinski definition) is 6. The number of benzene rings is 2. The maximum atomic E-state index is 11.4. The van der Waals surface area contributed by atoms with Crippen molar-refractivity contribution in [1.82, 2.24) is 30.6 Å². The highest BCUT2D eigenvalue weighted by Crippen LogP contribution is 2.10. The zero-order chi connectivity index (χ0) is 21.1. The van der Waals surface area contributed by atoms with Gasteiger partial charge >= 0.3 is 22.2 Å². The van der Waals surface area contributed by atoms with Crippen molar-refractivity contribution in [1.29, 1.82) is 0 Å². The summed E-state index contributed by atoms with van der Waals surface area (Å²) < 4.78 is 0. The maximum absolute atomic E-state index is 11.4. The smallest absolute Gasteiger partial charge is 0.314 e. The van der Waals surface area contributed by atoms with Gasteiger partial charge in [-0.25, -0.2) is 0 Å². The first-order valence-electron chi connectivity index (χ1n) is 9.41. The molecule has 0 aliphatic heterocycles. The number of fused-ring (bicyclic) bond motifs is 2. The molecule has 4 aromatic rings. The molecule has 0 saturated carbocycles. The third kappa shape index (κ3) is 4.29. The second kappa shape index (κ2) is 8.31. The van der Waals surface area contributed by atoms with Gasteiger partial charge in [0.15, 0.2) is 0 Å². The lowest BCUT2D eigenvalue weighted by molar-refractivity contribution is 0.611. The quantitative estimate of drug-likeness (QED) is 0.181. The van der Waals surface area contributed by atoms with Crippen molar-refractivity contribution < 1.29 is 0 Å². The van der Waals surface area contributed by atoms with Crippen LogP contribution < -0.4 is 32.9 Å². The number of nitrogens with one attached hydrogen (secondary N) is 6. The highest BCUT2D eigenvalue weighted by molar-refractivity contribution is 5.75. The Hall–Kier alpha value is -3.76. The summed E-state index contributed by atoms with van der Waals surface area (Å²) in [6, 6.07) is 11.0. The molecule has 154 valence electrons. The number of hydrogen-bond donors (Lipinski definition) is 6. The van der Waals surface area contributed by atoms with E-state index in [1.165, 1.54) is 0 Å². The fraction of sp³-hybridized carbons (Fsp3) is 0.200. The van der Waals surface area contributed by atoms with E-state index in [-0.39, 0.29) is 0 Å². The lowest BCUT2D eigenvalue weighted by atomic mass is 10.2. The average molecular weight is 408 g/mol. The number of aromatic nitrogens is 4. The molecule has 10 nitrogen and oxygen atoms in total. The largest absolute Gasteiger partial charge is 0.316 e. The molecule has 0 aliphatic rings. The Labute approximate surface area is 168 Å². The summed E-state index contributed by atoms with van der Waals surface area (Å²) in [4.78, 5) is 55.8. The van der Waals surface area contributed by atoms with E-state index in [4.69, 9.17) is 0 Å². The summed E-state index contributed by atoms with van der Waals surface area (Å²) in [7, 11) is 0. The van der Waals surface area contributed by atoms with Crippen LogP contribution in [0.25, 0.3) is 22.1 Å². The molecular formula is C20H20N6O4. The third-order valence-electron chi connectivity index (χ3n) is 4.71. The first kappa shape index (κ1) is 19.6. The van der Waals surface area contributed by atoms with E-state index in [2.05, 4.69) is 30.6 Å². The minimum absolute atomic E-state index is 0.589. The summed E-state index contributed by atoms with van der Waals surface area (Å²) in [5, 5.41) is 6.62. The number of aromatic amines is 4. The van der Waals surface area contributed by atoms with Crippen LogP contribution in [0.4, 0.5) is 0 Å².